The maximum absolute atomic E-state index is 2.46. The lowest BCUT2D eigenvalue weighted by Gasteiger charge is -2.21. The Bertz CT molecular complexity index is 3390. The molecule has 0 fully saturated rings. The van der Waals surface area contributed by atoms with E-state index in [4.69, 9.17) is 0 Å². The third-order valence-corrected chi connectivity index (χ3v) is 11.9. The van der Waals surface area contributed by atoms with Crippen LogP contribution in [0, 0.1) is 0 Å². The van der Waals surface area contributed by atoms with Crippen LogP contribution in [0.1, 0.15) is 0 Å². The molecule has 0 bridgehead atoms. The highest BCUT2D eigenvalue weighted by Gasteiger charge is 2.21. The van der Waals surface area contributed by atoms with Gasteiger partial charge in [-0.3, -0.25) is 0 Å². The van der Waals surface area contributed by atoms with E-state index in [9.17, 15) is 0 Å². The molecule has 0 aliphatic carbocycles. The van der Waals surface area contributed by atoms with Gasteiger partial charge >= 0.3 is 0 Å². The van der Waals surface area contributed by atoms with Crippen LogP contribution in [-0.2, 0) is 0 Å². The van der Waals surface area contributed by atoms with Crippen LogP contribution >= 0.6 is 0 Å². The molecule has 0 saturated heterocycles. The second kappa shape index (κ2) is 11.2. The number of hydrogen-bond acceptors (Lipinski definition) is 0. The van der Waals surface area contributed by atoms with Gasteiger partial charge in [0, 0.05) is 0 Å². The fourth-order valence-corrected chi connectivity index (χ4v) is 9.55. The Balaban J connectivity index is 1.18. The van der Waals surface area contributed by atoms with Gasteiger partial charge in [-0.25, -0.2) is 0 Å². The fourth-order valence-electron chi connectivity index (χ4n) is 9.55. The minimum atomic E-state index is 1.22. The average molecular weight is 681 g/mol. The van der Waals surface area contributed by atoms with E-state index < -0.39 is 0 Å². The lowest BCUT2D eigenvalue weighted by atomic mass is 9.82. The van der Waals surface area contributed by atoms with Crippen LogP contribution in [0.25, 0.3) is 120 Å². The van der Waals surface area contributed by atoms with Crippen molar-refractivity contribution in [3.63, 3.8) is 0 Å². The smallest absolute Gasteiger partial charge is 0.00206 e. The van der Waals surface area contributed by atoms with Crippen molar-refractivity contribution in [1.82, 2.24) is 0 Å². The third kappa shape index (κ3) is 4.20. The molecular weight excluding hydrogens is 649 g/mol. The first-order chi connectivity index (χ1) is 26.8. The van der Waals surface area contributed by atoms with E-state index in [1.165, 1.54) is 120 Å². The SMILES string of the molecule is c1ccc(-c2cccc(-c3cc(-c4ccc5ccc6cccc7ccc4c5c67)c4ccccc4c3)c2-c2ccc3ccc4cccc5ccc2c3c45)cc1. The molecule has 0 amide bonds. The number of fused-ring (bicyclic) bond motifs is 1. The van der Waals surface area contributed by atoms with Crippen molar-refractivity contribution in [3.05, 3.63) is 194 Å². The molecule has 0 aromatic heterocycles. The summed E-state index contributed by atoms with van der Waals surface area (Å²) in [5.41, 5.74) is 9.94. The minimum Gasteiger partial charge on any atom is -0.0622 e. The molecule has 0 atom stereocenters. The Morgan fingerprint density at radius 1 is 0.204 bits per heavy atom. The normalized spacial score (nSPS) is 12.1. The Hall–Kier alpha value is -7.02. The first kappa shape index (κ1) is 29.5. The van der Waals surface area contributed by atoms with Crippen molar-refractivity contribution >= 4 is 75.4 Å². The van der Waals surface area contributed by atoms with Gasteiger partial charge in [0.25, 0.3) is 0 Å². The Morgan fingerprint density at radius 2 is 0.667 bits per heavy atom. The van der Waals surface area contributed by atoms with Gasteiger partial charge in [-0.05, 0) is 132 Å². The molecule has 12 aromatic rings. The molecule has 0 unspecified atom stereocenters. The van der Waals surface area contributed by atoms with Crippen molar-refractivity contribution in [2.24, 2.45) is 0 Å². The Kier molecular flexibility index (Phi) is 6.15. The van der Waals surface area contributed by atoms with Crippen molar-refractivity contribution in [2.75, 3.05) is 0 Å². The van der Waals surface area contributed by atoms with Gasteiger partial charge in [0.1, 0.15) is 0 Å². The standard InChI is InChI=1S/C54H32/c1-2-9-33(10-3-1)43-17-8-18-44(54(43)48-30-26-39-22-20-35-13-7-15-37-25-29-47(48)53(39)51(35)37)41-31-40-11-4-5-16-42(40)49(32-41)45-27-23-38-21-19-34-12-6-14-36-24-28-46(45)52(38)50(34)36/h1-32H. The summed E-state index contributed by atoms with van der Waals surface area (Å²) in [4.78, 5) is 0. The van der Waals surface area contributed by atoms with Crippen molar-refractivity contribution < 1.29 is 0 Å². The molecule has 0 N–H and O–H groups in total. The molecular formula is C54H32. The average Bonchev–Trinajstić information content (AvgIpc) is 3.24. The molecule has 0 aliphatic rings. The second-order valence-electron chi connectivity index (χ2n) is 14.8. The zero-order valence-corrected chi connectivity index (χ0v) is 29.5. The van der Waals surface area contributed by atoms with Gasteiger partial charge in [0.05, 0.1) is 0 Å². The van der Waals surface area contributed by atoms with E-state index in [0.717, 1.165) is 0 Å². The highest BCUT2D eigenvalue weighted by Crippen LogP contribution is 2.48. The number of rotatable bonds is 4. The highest BCUT2D eigenvalue weighted by molar-refractivity contribution is 6.28. The molecule has 0 radical (unpaired) electrons. The predicted octanol–water partition coefficient (Wildman–Crippen LogP) is 15.3. The van der Waals surface area contributed by atoms with Crippen LogP contribution in [0.5, 0.6) is 0 Å². The van der Waals surface area contributed by atoms with E-state index in [-0.39, 0.29) is 0 Å². The molecule has 0 heterocycles. The van der Waals surface area contributed by atoms with Crippen LogP contribution in [0.3, 0.4) is 0 Å². The first-order valence-electron chi connectivity index (χ1n) is 18.8. The van der Waals surface area contributed by atoms with E-state index in [0.29, 0.717) is 0 Å². The van der Waals surface area contributed by atoms with Crippen molar-refractivity contribution in [1.29, 1.82) is 0 Å². The minimum absolute atomic E-state index is 1.22. The van der Waals surface area contributed by atoms with Gasteiger partial charge in [0.2, 0.25) is 0 Å². The quantitative estimate of drug-likeness (QED) is 0.162. The molecule has 248 valence electrons. The van der Waals surface area contributed by atoms with Crippen LogP contribution in [-0.4, -0.2) is 0 Å². The summed E-state index contributed by atoms with van der Waals surface area (Å²) in [6.45, 7) is 0. The Labute approximate surface area is 312 Å². The molecule has 12 aromatic carbocycles. The lowest BCUT2D eigenvalue weighted by Crippen LogP contribution is -1.94. The van der Waals surface area contributed by atoms with Crippen LogP contribution in [0.15, 0.2) is 194 Å². The van der Waals surface area contributed by atoms with Gasteiger partial charge in [0.15, 0.2) is 0 Å². The molecule has 0 saturated carbocycles. The van der Waals surface area contributed by atoms with Gasteiger partial charge < -0.3 is 0 Å². The van der Waals surface area contributed by atoms with E-state index in [1.54, 1.807) is 0 Å². The van der Waals surface area contributed by atoms with Gasteiger partial charge in [-0.1, -0.05) is 182 Å². The van der Waals surface area contributed by atoms with Crippen LogP contribution in [0.2, 0.25) is 0 Å². The Morgan fingerprint density at radius 3 is 1.31 bits per heavy atom. The summed E-state index contributed by atoms with van der Waals surface area (Å²) in [7, 11) is 0. The van der Waals surface area contributed by atoms with Gasteiger partial charge in [-0.15, -0.1) is 0 Å². The largest absolute Gasteiger partial charge is 0.0622 e. The molecule has 0 aliphatic heterocycles. The van der Waals surface area contributed by atoms with Crippen LogP contribution < -0.4 is 0 Å². The lowest BCUT2D eigenvalue weighted by molar-refractivity contribution is 1.58. The second-order valence-corrected chi connectivity index (χ2v) is 14.8. The van der Waals surface area contributed by atoms with E-state index in [2.05, 4.69) is 194 Å². The zero-order chi connectivity index (χ0) is 35.3. The van der Waals surface area contributed by atoms with Crippen molar-refractivity contribution in [3.8, 4) is 44.5 Å². The molecule has 54 heavy (non-hydrogen) atoms. The third-order valence-electron chi connectivity index (χ3n) is 11.9. The fraction of sp³-hybridized carbons (Fsp3) is 0. The summed E-state index contributed by atoms with van der Waals surface area (Å²) in [5.74, 6) is 0. The van der Waals surface area contributed by atoms with E-state index in [1.807, 2.05) is 0 Å². The van der Waals surface area contributed by atoms with E-state index >= 15 is 0 Å². The monoisotopic (exact) mass is 680 g/mol. The number of benzene rings is 12. The summed E-state index contributed by atoms with van der Waals surface area (Å²) >= 11 is 0. The first-order valence-corrected chi connectivity index (χ1v) is 18.8. The molecule has 0 nitrogen and oxygen atoms in total. The molecule has 0 heteroatoms. The van der Waals surface area contributed by atoms with Crippen molar-refractivity contribution in [2.45, 2.75) is 0 Å². The summed E-state index contributed by atoms with van der Waals surface area (Å²) < 4.78 is 0. The van der Waals surface area contributed by atoms with Gasteiger partial charge in [-0.2, -0.15) is 0 Å². The maximum Gasteiger partial charge on any atom is -0.00206 e. The summed E-state index contributed by atoms with van der Waals surface area (Å²) in [5, 5.41) is 18.2. The molecule has 12 rings (SSSR count). The van der Waals surface area contributed by atoms with Crippen LogP contribution in [0.4, 0.5) is 0 Å². The summed E-state index contributed by atoms with van der Waals surface area (Å²) in [6.07, 6.45) is 0. The number of hydrogen-bond donors (Lipinski definition) is 0. The highest BCUT2D eigenvalue weighted by atomic mass is 14.2. The predicted molar refractivity (Wildman–Crippen MR) is 233 cm³/mol. The zero-order valence-electron chi connectivity index (χ0n) is 29.5. The molecule has 0 spiro atoms. The topological polar surface area (TPSA) is 0 Å². The maximum atomic E-state index is 2.46. The summed E-state index contributed by atoms with van der Waals surface area (Å²) in [6, 6.07) is 72.6.